The number of fused-ring (bicyclic) bond motifs is 2. The molecule has 0 amide bonds. The van der Waals surface area contributed by atoms with Crippen molar-refractivity contribution in [3.05, 3.63) is 68.2 Å². The van der Waals surface area contributed by atoms with E-state index in [4.69, 9.17) is 4.98 Å². The molecule has 0 saturated heterocycles. The van der Waals surface area contributed by atoms with E-state index in [2.05, 4.69) is 0 Å². The summed E-state index contributed by atoms with van der Waals surface area (Å²) in [5, 5.41) is 2.06. The number of pyridine rings is 1. The van der Waals surface area contributed by atoms with Gasteiger partial charge in [-0.05, 0) is 36.4 Å². The minimum Gasteiger partial charge on any atom is -0.327 e. The summed E-state index contributed by atoms with van der Waals surface area (Å²) in [6, 6.07) is 11.4. The molecule has 3 aromatic heterocycles. The Balaban J connectivity index is 1.98. The Bertz CT molecular complexity index is 1260. The smallest absolute Gasteiger partial charge is 0.271 e. The highest BCUT2D eigenvalue weighted by atomic mass is 32.1. The molecule has 6 heteroatoms. The number of hydrogen-bond acceptors (Lipinski definition) is 4. The van der Waals surface area contributed by atoms with E-state index in [9.17, 15) is 9.59 Å². The molecule has 0 radical (unpaired) electrons. The average Bonchev–Trinajstić information content (AvgIpc) is 3.09. The number of aromatic nitrogens is 3. The Morgan fingerprint density at radius 1 is 1.12 bits per heavy atom. The third-order valence-corrected chi connectivity index (χ3v) is 6.23. The van der Waals surface area contributed by atoms with Crippen molar-refractivity contribution >= 4 is 32.6 Å². The maximum absolute atomic E-state index is 13.4. The Morgan fingerprint density at radius 2 is 1.88 bits per heavy atom. The molecule has 130 valence electrons. The van der Waals surface area contributed by atoms with Crippen LogP contribution in [0.1, 0.15) is 31.0 Å². The lowest BCUT2D eigenvalue weighted by molar-refractivity contribution is 0.394. The van der Waals surface area contributed by atoms with E-state index in [1.807, 2.05) is 53.4 Å². The van der Waals surface area contributed by atoms with Gasteiger partial charge >= 0.3 is 0 Å². The van der Waals surface area contributed by atoms with Gasteiger partial charge in [-0.2, -0.15) is 0 Å². The van der Waals surface area contributed by atoms with Crippen LogP contribution in [-0.2, 0) is 7.05 Å². The van der Waals surface area contributed by atoms with Crippen LogP contribution < -0.4 is 11.0 Å². The maximum atomic E-state index is 13.4. The number of nitrogens with zero attached hydrogens (tertiary/aromatic N) is 3. The normalized spacial score (nSPS) is 14.8. The molecule has 1 fully saturated rings. The number of hydrogen-bond donors (Lipinski definition) is 0. The Labute approximate surface area is 153 Å². The average molecular weight is 363 g/mol. The molecule has 1 aliphatic rings. The van der Waals surface area contributed by atoms with E-state index in [-0.39, 0.29) is 22.3 Å². The van der Waals surface area contributed by atoms with Crippen LogP contribution in [0.3, 0.4) is 0 Å². The van der Waals surface area contributed by atoms with Crippen molar-refractivity contribution in [2.24, 2.45) is 7.05 Å². The minimum atomic E-state index is -0.265. The van der Waals surface area contributed by atoms with Crippen LogP contribution in [0.2, 0.25) is 0 Å². The van der Waals surface area contributed by atoms with Crippen molar-refractivity contribution in [2.75, 3.05) is 0 Å². The van der Waals surface area contributed by atoms with Gasteiger partial charge in [-0.1, -0.05) is 24.6 Å². The lowest BCUT2D eigenvalue weighted by Gasteiger charge is -2.27. The van der Waals surface area contributed by atoms with Gasteiger partial charge in [-0.3, -0.25) is 14.2 Å². The van der Waals surface area contributed by atoms with Crippen LogP contribution in [0.4, 0.5) is 0 Å². The Morgan fingerprint density at radius 3 is 2.58 bits per heavy atom. The van der Waals surface area contributed by atoms with E-state index in [1.54, 1.807) is 4.57 Å². The van der Waals surface area contributed by atoms with Crippen molar-refractivity contribution in [1.82, 2.24) is 14.1 Å². The second kappa shape index (κ2) is 5.64. The summed E-state index contributed by atoms with van der Waals surface area (Å²) in [6.07, 6.45) is 3.20. The molecule has 26 heavy (non-hydrogen) atoms. The third kappa shape index (κ3) is 2.05. The predicted octanol–water partition coefficient (Wildman–Crippen LogP) is 3.57. The quantitative estimate of drug-likeness (QED) is 0.547. The molecule has 1 saturated carbocycles. The monoisotopic (exact) mass is 363 g/mol. The van der Waals surface area contributed by atoms with E-state index in [0.29, 0.717) is 10.3 Å². The van der Waals surface area contributed by atoms with Crippen molar-refractivity contribution in [3.8, 4) is 5.69 Å². The largest absolute Gasteiger partial charge is 0.327 e. The number of para-hydroxylation sites is 1. The summed E-state index contributed by atoms with van der Waals surface area (Å²) in [6.45, 7) is 0. The van der Waals surface area contributed by atoms with Gasteiger partial charge in [-0.25, -0.2) is 4.98 Å². The zero-order valence-electron chi connectivity index (χ0n) is 14.3. The van der Waals surface area contributed by atoms with Crippen molar-refractivity contribution in [1.29, 1.82) is 0 Å². The molecule has 0 atom stereocenters. The summed E-state index contributed by atoms with van der Waals surface area (Å²) in [5.41, 5.74) is 1.60. The molecule has 5 nitrogen and oxygen atoms in total. The van der Waals surface area contributed by atoms with Crippen LogP contribution in [0.15, 0.2) is 51.4 Å². The number of benzene rings is 1. The molecule has 3 heterocycles. The van der Waals surface area contributed by atoms with Crippen LogP contribution in [0.25, 0.3) is 26.9 Å². The van der Waals surface area contributed by atoms with Gasteiger partial charge in [0.15, 0.2) is 5.65 Å². The molecule has 0 bridgehead atoms. The highest BCUT2D eigenvalue weighted by Gasteiger charge is 2.28. The zero-order valence-corrected chi connectivity index (χ0v) is 15.1. The molecular weight excluding hydrogens is 346 g/mol. The predicted molar refractivity (Wildman–Crippen MR) is 105 cm³/mol. The first-order valence-corrected chi connectivity index (χ1v) is 9.63. The van der Waals surface area contributed by atoms with Crippen LogP contribution in [0, 0.1) is 0 Å². The summed E-state index contributed by atoms with van der Waals surface area (Å²) >= 11 is 1.37. The summed E-state index contributed by atoms with van der Waals surface area (Å²) < 4.78 is 4.13. The van der Waals surface area contributed by atoms with Gasteiger partial charge in [0.2, 0.25) is 5.43 Å². The zero-order chi connectivity index (χ0) is 17.8. The second-order valence-electron chi connectivity index (χ2n) is 6.80. The number of thiophene rings is 1. The van der Waals surface area contributed by atoms with Crippen molar-refractivity contribution < 1.29 is 0 Å². The van der Waals surface area contributed by atoms with Crippen molar-refractivity contribution in [2.45, 2.75) is 25.2 Å². The lowest BCUT2D eigenvalue weighted by atomic mass is 9.84. The van der Waals surface area contributed by atoms with E-state index < -0.39 is 0 Å². The van der Waals surface area contributed by atoms with Crippen LogP contribution in [-0.4, -0.2) is 14.1 Å². The summed E-state index contributed by atoms with van der Waals surface area (Å²) in [7, 11) is 1.88. The molecule has 0 N–H and O–H groups in total. The molecule has 0 aliphatic heterocycles. The molecule has 4 aromatic rings. The Kier molecular flexibility index (Phi) is 3.37. The first-order valence-electron chi connectivity index (χ1n) is 8.75. The maximum Gasteiger partial charge on any atom is 0.271 e. The minimum absolute atomic E-state index is 0.175. The molecule has 1 aromatic carbocycles. The van der Waals surface area contributed by atoms with Gasteiger partial charge in [0.05, 0.1) is 15.9 Å². The first-order chi connectivity index (χ1) is 12.7. The number of rotatable bonds is 2. The van der Waals surface area contributed by atoms with Gasteiger partial charge in [0.25, 0.3) is 5.56 Å². The molecular formula is C20H17N3O2S. The molecule has 0 unspecified atom stereocenters. The van der Waals surface area contributed by atoms with E-state index in [0.717, 1.165) is 36.3 Å². The second-order valence-corrected chi connectivity index (χ2v) is 7.71. The third-order valence-electron chi connectivity index (χ3n) is 5.33. The molecule has 0 spiro atoms. The fourth-order valence-corrected chi connectivity index (χ4v) is 4.57. The van der Waals surface area contributed by atoms with Crippen LogP contribution in [0.5, 0.6) is 0 Å². The highest BCUT2D eigenvalue weighted by molar-refractivity contribution is 7.17. The highest BCUT2D eigenvalue weighted by Crippen LogP contribution is 2.36. The lowest BCUT2D eigenvalue weighted by Crippen LogP contribution is -2.31. The first kappa shape index (κ1) is 15.5. The van der Waals surface area contributed by atoms with Gasteiger partial charge in [-0.15, -0.1) is 11.3 Å². The van der Waals surface area contributed by atoms with Crippen molar-refractivity contribution in [3.63, 3.8) is 0 Å². The fraction of sp³-hybridized carbons (Fsp3) is 0.250. The SMILES string of the molecule is Cn1c2ccsc2c(=O)c2c(=O)n(-c3ccccc3)c(C3CCC3)nc21. The molecule has 1 aliphatic carbocycles. The summed E-state index contributed by atoms with van der Waals surface area (Å²) in [4.78, 5) is 31.3. The van der Waals surface area contributed by atoms with E-state index in [1.165, 1.54) is 11.3 Å². The number of aryl methyl sites for hydroxylation is 1. The fourth-order valence-electron chi connectivity index (χ4n) is 3.70. The summed E-state index contributed by atoms with van der Waals surface area (Å²) in [5.74, 6) is 1.03. The Hall–Kier alpha value is -2.73. The standard InChI is InChI=1S/C20H17N3O2S/c1-22-14-10-11-26-17(14)16(24)15-19(22)21-18(12-6-5-7-12)23(20(15)25)13-8-3-2-4-9-13/h2-4,8-12H,5-7H2,1H3. The van der Waals surface area contributed by atoms with Gasteiger partial charge < -0.3 is 4.57 Å². The topological polar surface area (TPSA) is 56.9 Å². The van der Waals surface area contributed by atoms with E-state index >= 15 is 0 Å². The van der Waals surface area contributed by atoms with Crippen LogP contribution >= 0.6 is 11.3 Å². The van der Waals surface area contributed by atoms with Gasteiger partial charge in [0.1, 0.15) is 11.2 Å². The molecule has 5 rings (SSSR count). The van der Waals surface area contributed by atoms with Gasteiger partial charge in [0, 0.05) is 13.0 Å².